The molecule has 0 aliphatic heterocycles. The van der Waals surface area contributed by atoms with Crippen molar-refractivity contribution in [3.8, 4) is 56.3 Å². The Kier molecular flexibility index (Phi) is 9.48. The van der Waals surface area contributed by atoms with Crippen LogP contribution in [0.1, 0.15) is 74.9 Å². The highest BCUT2D eigenvalue weighted by atomic mass is 79.9. The number of ether oxygens (including phenoxy) is 1. The molecule has 0 unspecified atom stereocenters. The van der Waals surface area contributed by atoms with Crippen LogP contribution in [0.4, 0.5) is 0 Å². The van der Waals surface area contributed by atoms with Crippen LogP contribution in [0.2, 0.25) is 0 Å². The van der Waals surface area contributed by atoms with Gasteiger partial charge in [0.25, 0.3) is 0 Å². The van der Waals surface area contributed by atoms with E-state index in [0.29, 0.717) is 0 Å². The second-order valence-electron chi connectivity index (χ2n) is 22.2. The molecule has 0 N–H and O–H groups in total. The van der Waals surface area contributed by atoms with E-state index in [1.54, 1.807) is 0 Å². The zero-order valence-corrected chi connectivity index (χ0v) is 43.5. The van der Waals surface area contributed by atoms with Crippen molar-refractivity contribution in [1.29, 1.82) is 0 Å². The van der Waals surface area contributed by atoms with E-state index in [-0.39, 0.29) is 10.8 Å². The van der Waals surface area contributed by atoms with Gasteiger partial charge in [-0.15, -0.1) is 0 Å². The number of fused-ring (bicyclic) bond motifs is 17. The Bertz CT molecular complexity index is 4170. The van der Waals surface area contributed by atoms with E-state index in [9.17, 15) is 0 Å². The van der Waals surface area contributed by atoms with Crippen LogP contribution in [-0.2, 0) is 16.2 Å². The molecule has 0 saturated carbocycles. The molecule has 0 bridgehead atoms. The smallest absolute Gasteiger partial charge is 0.143 e. The van der Waals surface area contributed by atoms with Gasteiger partial charge < -0.3 is 13.9 Å². The number of para-hydroxylation sites is 2. The van der Waals surface area contributed by atoms with Crippen LogP contribution < -0.4 is 4.74 Å². The molecule has 1 spiro atoms. The third kappa shape index (κ3) is 6.36. The van der Waals surface area contributed by atoms with E-state index in [2.05, 4.69) is 279 Å². The van der Waals surface area contributed by atoms with Gasteiger partial charge in [0.05, 0.1) is 37.6 Å². The Balaban J connectivity index is 0.911. The molecule has 2 heterocycles. The Hall–Kier alpha value is -7.92. The van der Waals surface area contributed by atoms with E-state index >= 15 is 0 Å². The molecule has 2 aromatic heterocycles. The average Bonchev–Trinajstić information content (AvgIpc) is 4.11. The first-order valence-electron chi connectivity index (χ1n) is 25.5. The fourth-order valence-corrected chi connectivity index (χ4v) is 13.0. The molecule has 73 heavy (non-hydrogen) atoms. The summed E-state index contributed by atoms with van der Waals surface area (Å²) in [5, 5.41) is 4.85. The van der Waals surface area contributed by atoms with Crippen molar-refractivity contribution in [3.63, 3.8) is 0 Å². The van der Waals surface area contributed by atoms with Crippen molar-refractivity contribution >= 4 is 59.5 Å². The molecule has 14 rings (SSSR count). The van der Waals surface area contributed by atoms with Gasteiger partial charge in [0, 0.05) is 27.2 Å². The van der Waals surface area contributed by atoms with Crippen LogP contribution in [0.25, 0.3) is 88.4 Å². The molecule has 12 aromatic rings. The van der Waals surface area contributed by atoms with E-state index < -0.39 is 5.41 Å². The average molecular weight is 1010 g/mol. The molecule has 2 aliphatic carbocycles. The van der Waals surface area contributed by atoms with Crippen molar-refractivity contribution in [3.05, 3.63) is 250 Å². The topological polar surface area (TPSA) is 19.1 Å². The maximum Gasteiger partial charge on any atom is 0.143 e. The monoisotopic (exact) mass is 1000 g/mol. The lowest BCUT2D eigenvalue weighted by atomic mass is 9.70. The third-order valence-corrected chi connectivity index (χ3v) is 16.8. The number of rotatable bonds is 5. The number of hydrogen-bond acceptors (Lipinski definition) is 1. The van der Waals surface area contributed by atoms with Crippen LogP contribution >= 0.6 is 15.9 Å². The summed E-state index contributed by atoms with van der Waals surface area (Å²) < 4.78 is 12.9. The van der Waals surface area contributed by atoms with Crippen LogP contribution in [0.3, 0.4) is 0 Å². The molecule has 0 amide bonds. The zero-order chi connectivity index (χ0) is 49.5. The third-order valence-electron chi connectivity index (χ3n) is 16.0. The van der Waals surface area contributed by atoms with Crippen LogP contribution in [-0.4, -0.2) is 9.13 Å². The predicted molar refractivity (Wildman–Crippen MR) is 308 cm³/mol. The van der Waals surface area contributed by atoms with Crippen LogP contribution in [0, 0.1) is 0 Å². The van der Waals surface area contributed by atoms with Crippen molar-refractivity contribution in [2.45, 2.75) is 57.8 Å². The van der Waals surface area contributed by atoms with E-state index in [0.717, 1.165) is 38.4 Å². The summed E-state index contributed by atoms with van der Waals surface area (Å²) in [6.45, 7) is 13.8. The van der Waals surface area contributed by atoms with Crippen LogP contribution in [0.5, 0.6) is 11.5 Å². The summed E-state index contributed by atoms with van der Waals surface area (Å²) in [5.41, 5.74) is 21.8. The summed E-state index contributed by atoms with van der Waals surface area (Å²) in [4.78, 5) is 0. The lowest BCUT2D eigenvalue weighted by molar-refractivity contribution is 0.478. The first-order valence-corrected chi connectivity index (χ1v) is 26.3. The molecule has 0 radical (unpaired) electrons. The Morgan fingerprint density at radius 1 is 0.411 bits per heavy atom. The highest BCUT2D eigenvalue weighted by molar-refractivity contribution is 9.10. The molecule has 0 saturated heterocycles. The van der Waals surface area contributed by atoms with Crippen LogP contribution in [0.15, 0.2) is 217 Å². The maximum absolute atomic E-state index is 7.09. The summed E-state index contributed by atoms with van der Waals surface area (Å²) >= 11 is 4.15. The largest absolute Gasteiger partial charge is 0.456 e. The number of halogens is 1. The molecule has 0 atom stereocenters. The quantitative estimate of drug-likeness (QED) is 0.168. The van der Waals surface area contributed by atoms with Gasteiger partial charge in [-0.1, -0.05) is 199 Å². The highest BCUT2D eigenvalue weighted by Crippen LogP contribution is 2.63. The van der Waals surface area contributed by atoms with Crippen molar-refractivity contribution in [2.24, 2.45) is 0 Å². The maximum atomic E-state index is 7.09. The second kappa shape index (κ2) is 15.8. The van der Waals surface area contributed by atoms with Gasteiger partial charge in [0.15, 0.2) is 0 Å². The van der Waals surface area contributed by atoms with E-state index in [1.807, 2.05) is 0 Å². The summed E-state index contributed by atoms with van der Waals surface area (Å²) in [5.74, 6) is 1.54. The Morgan fingerprint density at radius 2 is 0.959 bits per heavy atom. The Labute approximate surface area is 435 Å². The standard InChI is InChI=1S/C69H53BrN2O/c1-67(2,3)44-38-43(39-45(40-44)68(4,5)6)42-30-32-46(33-31-42)71-59-26-15-10-21-52(59)53-36-37-61-64(66(53)71)54-22-11-16-27-60(54)72(61)62-28-17-29-63(65(62)70)73-47-34-35-51-50-20-9-14-25-57(50)69(58(51)41-47)55-23-12-7-18-48(55)49-19-8-13-24-56(49)69/h7-41H,1-6H3. The SMILES string of the molecule is CC(C)(C)c1cc(-c2ccc(-n3c4ccccc4c4ccc5c(c6ccccc6n5-c5cccc(Oc6ccc7c(c6)C6(c8ccccc8-c8ccccc86)c6ccccc6-7)c5Br)c43)cc2)cc(C(C)(C)C)c1. The molecule has 0 fully saturated rings. The number of hydrogen-bond donors (Lipinski definition) is 0. The Morgan fingerprint density at radius 3 is 1.58 bits per heavy atom. The number of nitrogens with zero attached hydrogens (tertiary/aromatic N) is 2. The minimum Gasteiger partial charge on any atom is -0.456 e. The molecule has 4 heteroatoms. The summed E-state index contributed by atoms with van der Waals surface area (Å²) in [6.07, 6.45) is 0. The molecule has 3 nitrogen and oxygen atoms in total. The van der Waals surface area contributed by atoms with Gasteiger partial charge in [0.1, 0.15) is 11.5 Å². The normalized spacial score (nSPS) is 13.5. The fraction of sp³-hybridized carbons (Fsp3) is 0.130. The molecular formula is C69H53BrN2O. The van der Waals surface area contributed by atoms with E-state index in [1.165, 1.54) is 99.3 Å². The second-order valence-corrected chi connectivity index (χ2v) is 23.0. The van der Waals surface area contributed by atoms with Gasteiger partial charge >= 0.3 is 0 Å². The molecule has 10 aromatic carbocycles. The minimum atomic E-state index is -0.454. The first-order chi connectivity index (χ1) is 35.4. The van der Waals surface area contributed by atoms with Crippen molar-refractivity contribution in [1.82, 2.24) is 9.13 Å². The van der Waals surface area contributed by atoms with Gasteiger partial charge in [-0.05, 0) is 148 Å². The minimum absolute atomic E-state index is 0.0316. The summed E-state index contributed by atoms with van der Waals surface area (Å²) in [6, 6.07) is 78.6. The highest BCUT2D eigenvalue weighted by Gasteiger charge is 2.51. The van der Waals surface area contributed by atoms with Gasteiger partial charge in [-0.25, -0.2) is 0 Å². The number of aromatic nitrogens is 2. The van der Waals surface area contributed by atoms with Crippen molar-refractivity contribution in [2.75, 3.05) is 0 Å². The molecule has 352 valence electrons. The lowest BCUT2D eigenvalue weighted by Gasteiger charge is -2.30. The van der Waals surface area contributed by atoms with Gasteiger partial charge in [-0.2, -0.15) is 0 Å². The van der Waals surface area contributed by atoms with Gasteiger partial charge in [-0.3, -0.25) is 0 Å². The molecular weight excluding hydrogens is 953 g/mol. The fourth-order valence-electron chi connectivity index (χ4n) is 12.5. The lowest BCUT2D eigenvalue weighted by Crippen LogP contribution is -2.25. The predicted octanol–water partition coefficient (Wildman–Crippen LogP) is 19.0. The number of benzene rings is 10. The van der Waals surface area contributed by atoms with E-state index in [4.69, 9.17) is 4.74 Å². The summed E-state index contributed by atoms with van der Waals surface area (Å²) in [7, 11) is 0. The zero-order valence-electron chi connectivity index (χ0n) is 41.9. The van der Waals surface area contributed by atoms with Crippen molar-refractivity contribution < 1.29 is 4.74 Å². The first kappa shape index (κ1) is 43.8. The van der Waals surface area contributed by atoms with Gasteiger partial charge in [0.2, 0.25) is 0 Å². The molecule has 2 aliphatic rings.